The third-order valence-electron chi connectivity index (χ3n) is 4.31. The molecule has 3 aromatic carbocycles. The van der Waals surface area contributed by atoms with Crippen LogP contribution in [0.15, 0.2) is 72.8 Å². The van der Waals surface area contributed by atoms with Crippen LogP contribution in [0, 0.1) is 0 Å². The molecule has 0 amide bonds. The average molecular weight is 318 g/mol. The Labute approximate surface area is 143 Å². The Hall–Kier alpha value is -2.74. The van der Waals surface area contributed by atoms with Crippen molar-refractivity contribution < 1.29 is 10.2 Å². The molecule has 0 heterocycles. The highest BCUT2D eigenvalue weighted by Crippen LogP contribution is 2.25. The van der Waals surface area contributed by atoms with E-state index in [0.29, 0.717) is 0 Å². The van der Waals surface area contributed by atoms with Crippen molar-refractivity contribution >= 4 is 0 Å². The highest BCUT2D eigenvalue weighted by atomic mass is 16.3. The smallest absolute Gasteiger partial charge is 0.157 e. The van der Waals surface area contributed by atoms with E-state index >= 15 is 0 Å². The summed E-state index contributed by atoms with van der Waals surface area (Å²) in [6.07, 6.45) is 3.88. The molecule has 0 aliphatic rings. The molecule has 0 aliphatic heterocycles. The predicted octanol–water partition coefficient (Wildman–Crippen LogP) is 4.67. The van der Waals surface area contributed by atoms with Gasteiger partial charge in [0.05, 0.1) is 0 Å². The first-order valence-electron chi connectivity index (χ1n) is 8.33. The van der Waals surface area contributed by atoms with Gasteiger partial charge in [-0.3, -0.25) is 0 Å². The Morgan fingerprint density at radius 1 is 0.458 bits per heavy atom. The number of phenols is 2. The van der Waals surface area contributed by atoms with Gasteiger partial charge in [-0.25, -0.2) is 0 Å². The van der Waals surface area contributed by atoms with Crippen molar-refractivity contribution in [3.8, 4) is 11.5 Å². The molecule has 0 unspecified atom stereocenters. The molecule has 0 spiro atoms. The van der Waals surface area contributed by atoms with Gasteiger partial charge in [0.2, 0.25) is 0 Å². The molecule has 3 aromatic rings. The van der Waals surface area contributed by atoms with Gasteiger partial charge in [-0.2, -0.15) is 0 Å². The van der Waals surface area contributed by atoms with Crippen molar-refractivity contribution in [3.63, 3.8) is 0 Å². The van der Waals surface area contributed by atoms with Gasteiger partial charge in [-0.15, -0.1) is 0 Å². The Morgan fingerprint density at radius 2 is 0.917 bits per heavy atom. The lowest BCUT2D eigenvalue weighted by Gasteiger charge is -2.06. The second-order valence-corrected chi connectivity index (χ2v) is 6.13. The zero-order chi connectivity index (χ0) is 16.8. The molecule has 0 saturated heterocycles. The van der Waals surface area contributed by atoms with E-state index in [2.05, 4.69) is 48.5 Å². The SMILES string of the molecule is Oc1ccc(CCc2ccc(CCc3ccccc3)cc2)cc1O. The van der Waals surface area contributed by atoms with Crippen LogP contribution in [-0.4, -0.2) is 10.2 Å². The second-order valence-electron chi connectivity index (χ2n) is 6.13. The Bertz CT molecular complexity index is 777. The summed E-state index contributed by atoms with van der Waals surface area (Å²) in [5.41, 5.74) is 5.03. The molecule has 0 bridgehead atoms. The minimum atomic E-state index is -0.0680. The van der Waals surface area contributed by atoms with E-state index < -0.39 is 0 Å². The molecular formula is C22H22O2. The number of benzene rings is 3. The molecule has 0 aromatic heterocycles. The van der Waals surface area contributed by atoms with Crippen molar-refractivity contribution in [3.05, 3.63) is 95.1 Å². The average Bonchev–Trinajstić information content (AvgIpc) is 2.63. The zero-order valence-electron chi connectivity index (χ0n) is 13.7. The topological polar surface area (TPSA) is 40.5 Å². The maximum atomic E-state index is 9.54. The van der Waals surface area contributed by atoms with E-state index in [0.717, 1.165) is 31.2 Å². The molecular weight excluding hydrogens is 296 g/mol. The summed E-state index contributed by atoms with van der Waals surface area (Å²) in [6.45, 7) is 0. The van der Waals surface area contributed by atoms with Gasteiger partial charge < -0.3 is 10.2 Å². The van der Waals surface area contributed by atoms with Gasteiger partial charge in [-0.05, 0) is 60.1 Å². The first-order valence-corrected chi connectivity index (χ1v) is 8.33. The summed E-state index contributed by atoms with van der Waals surface area (Å²) in [5.74, 6) is -0.120. The quantitative estimate of drug-likeness (QED) is 0.649. The lowest BCUT2D eigenvalue weighted by molar-refractivity contribution is 0.403. The van der Waals surface area contributed by atoms with E-state index in [4.69, 9.17) is 0 Å². The molecule has 0 saturated carbocycles. The number of aromatic hydroxyl groups is 2. The normalized spacial score (nSPS) is 10.7. The highest BCUT2D eigenvalue weighted by Gasteiger charge is 2.02. The number of aryl methyl sites for hydroxylation is 4. The van der Waals surface area contributed by atoms with Crippen molar-refractivity contribution in [2.24, 2.45) is 0 Å². The van der Waals surface area contributed by atoms with Gasteiger partial charge in [0, 0.05) is 0 Å². The standard InChI is InChI=1S/C22H22O2/c23-21-15-14-20(16-22(21)24)13-12-19-10-8-18(9-11-19)7-6-17-4-2-1-3-5-17/h1-5,8-11,14-16,23-24H,6-7,12-13H2. The predicted molar refractivity (Wildman–Crippen MR) is 97.5 cm³/mol. The minimum Gasteiger partial charge on any atom is -0.504 e. The van der Waals surface area contributed by atoms with E-state index in [9.17, 15) is 10.2 Å². The molecule has 2 nitrogen and oxygen atoms in total. The maximum absolute atomic E-state index is 9.54. The van der Waals surface area contributed by atoms with Crippen LogP contribution in [-0.2, 0) is 25.7 Å². The Kier molecular flexibility index (Phi) is 5.17. The van der Waals surface area contributed by atoms with Gasteiger partial charge >= 0.3 is 0 Å². The summed E-state index contributed by atoms with van der Waals surface area (Å²) in [4.78, 5) is 0. The summed E-state index contributed by atoms with van der Waals surface area (Å²) in [7, 11) is 0. The Morgan fingerprint density at radius 3 is 1.46 bits per heavy atom. The lowest BCUT2D eigenvalue weighted by atomic mass is 10.0. The fraction of sp³-hybridized carbons (Fsp3) is 0.182. The number of hydrogen-bond donors (Lipinski definition) is 2. The maximum Gasteiger partial charge on any atom is 0.157 e. The fourth-order valence-electron chi connectivity index (χ4n) is 2.82. The molecule has 0 radical (unpaired) electrons. The van der Waals surface area contributed by atoms with Crippen LogP contribution >= 0.6 is 0 Å². The van der Waals surface area contributed by atoms with E-state index in [1.807, 2.05) is 12.1 Å². The molecule has 0 fully saturated rings. The van der Waals surface area contributed by atoms with E-state index in [1.54, 1.807) is 6.07 Å². The fourth-order valence-corrected chi connectivity index (χ4v) is 2.82. The van der Waals surface area contributed by atoms with Crippen LogP contribution in [0.4, 0.5) is 0 Å². The van der Waals surface area contributed by atoms with Gasteiger partial charge in [-0.1, -0.05) is 60.7 Å². The Balaban J connectivity index is 1.53. The largest absolute Gasteiger partial charge is 0.504 e. The first-order chi connectivity index (χ1) is 11.7. The van der Waals surface area contributed by atoms with Crippen LogP contribution < -0.4 is 0 Å². The first kappa shape index (κ1) is 16.1. The number of rotatable bonds is 6. The summed E-state index contributed by atoms with van der Waals surface area (Å²) < 4.78 is 0. The molecule has 24 heavy (non-hydrogen) atoms. The molecule has 0 aliphatic carbocycles. The van der Waals surface area contributed by atoms with Crippen molar-refractivity contribution in [2.75, 3.05) is 0 Å². The zero-order valence-corrected chi connectivity index (χ0v) is 13.7. The van der Waals surface area contributed by atoms with Crippen LogP contribution in [0.5, 0.6) is 11.5 Å². The molecule has 2 N–H and O–H groups in total. The van der Waals surface area contributed by atoms with Crippen LogP contribution in [0.1, 0.15) is 22.3 Å². The third-order valence-corrected chi connectivity index (χ3v) is 4.31. The van der Waals surface area contributed by atoms with Crippen molar-refractivity contribution in [1.29, 1.82) is 0 Å². The van der Waals surface area contributed by atoms with E-state index in [-0.39, 0.29) is 11.5 Å². The van der Waals surface area contributed by atoms with Crippen molar-refractivity contribution in [1.82, 2.24) is 0 Å². The molecule has 3 rings (SSSR count). The molecule has 0 atom stereocenters. The van der Waals surface area contributed by atoms with Crippen LogP contribution in [0.25, 0.3) is 0 Å². The van der Waals surface area contributed by atoms with Gasteiger partial charge in [0.25, 0.3) is 0 Å². The van der Waals surface area contributed by atoms with Gasteiger partial charge in [0.15, 0.2) is 11.5 Å². The van der Waals surface area contributed by atoms with Crippen molar-refractivity contribution in [2.45, 2.75) is 25.7 Å². The molecule has 2 heteroatoms. The minimum absolute atomic E-state index is 0.0521. The highest BCUT2D eigenvalue weighted by molar-refractivity contribution is 5.40. The number of hydrogen-bond acceptors (Lipinski definition) is 2. The third kappa shape index (κ3) is 4.39. The van der Waals surface area contributed by atoms with Crippen LogP contribution in [0.2, 0.25) is 0 Å². The molecule has 122 valence electrons. The van der Waals surface area contributed by atoms with Crippen LogP contribution in [0.3, 0.4) is 0 Å². The van der Waals surface area contributed by atoms with Gasteiger partial charge in [0.1, 0.15) is 0 Å². The van der Waals surface area contributed by atoms with E-state index in [1.165, 1.54) is 22.8 Å². The summed E-state index contributed by atoms with van der Waals surface area (Å²) in [5, 5.41) is 18.9. The summed E-state index contributed by atoms with van der Waals surface area (Å²) >= 11 is 0. The number of phenolic OH excluding ortho intramolecular Hbond substituents is 2. The lowest BCUT2D eigenvalue weighted by Crippen LogP contribution is -1.94. The summed E-state index contributed by atoms with van der Waals surface area (Å²) in [6, 6.07) is 24.3. The second kappa shape index (κ2) is 7.69. The monoisotopic (exact) mass is 318 g/mol.